The molecule has 0 unspecified atom stereocenters. The van der Waals surface area contributed by atoms with Crippen molar-refractivity contribution in [1.82, 2.24) is 9.97 Å². The number of aromatic nitrogens is 2. The average molecular weight is 291 g/mol. The summed E-state index contributed by atoms with van der Waals surface area (Å²) in [6.45, 7) is 2.98. The summed E-state index contributed by atoms with van der Waals surface area (Å²) in [5.41, 5.74) is 1.37. The molecule has 1 saturated heterocycles. The first-order chi connectivity index (χ1) is 10.3. The Morgan fingerprint density at radius 1 is 1.33 bits per heavy atom. The Balaban J connectivity index is 1.93. The van der Waals surface area contributed by atoms with Gasteiger partial charge in [-0.3, -0.25) is 0 Å². The summed E-state index contributed by atoms with van der Waals surface area (Å²) in [6.07, 6.45) is 6.19. The molecule has 1 aliphatic heterocycles. The van der Waals surface area contributed by atoms with Crippen molar-refractivity contribution in [1.29, 1.82) is 0 Å². The number of hydrogen-bond acceptors (Lipinski definition) is 6. The summed E-state index contributed by atoms with van der Waals surface area (Å²) in [5, 5.41) is 0. The summed E-state index contributed by atoms with van der Waals surface area (Å²) in [4.78, 5) is 23.1. The third-order valence-corrected chi connectivity index (χ3v) is 4.25. The van der Waals surface area contributed by atoms with E-state index in [1.807, 2.05) is 0 Å². The van der Waals surface area contributed by atoms with Crippen LogP contribution < -0.4 is 4.90 Å². The van der Waals surface area contributed by atoms with Gasteiger partial charge in [0.1, 0.15) is 0 Å². The van der Waals surface area contributed by atoms with Crippen molar-refractivity contribution in [3.63, 3.8) is 0 Å². The Morgan fingerprint density at radius 2 is 2.05 bits per heavy atom. The van der Waals surface area contributed by atoms with Crippen LogP contribution in [0.5, 0.6) is 0 Å². The van der Waals surface area contributed by atoms with Crippen LogP contribution in [0.3, 0.4) is 0 Å². The zero-order chi connectivity index (χ0) is 14.7. The molecule has 3 rings (SSSR count). The molecule has 2 fully saturated rings. The fourth-order valence-corrected chi connectivity index (χ4v) is 3.08. The van der Waals surface area contributed by atoms with Crippen LogP contribution in [0.25, 0.3) is 0 Å². The van der Waals surface area contributed by atoms with Gasteiger partial charge in [-0.05, 0) is 12.8 Å². The van der Waals surface area contributed by atoms with Crippen molar-refractivity contribution in [2.45, 2.75) is 31.6 Å². The third-order valence-electron chi connectivity index (χ3n) is 4.25. The number of nitrogens with zero attached hydrogens (tertiary/aromatic N) is 3. The maximum Gasteiger partial charge on any atom is 0.341 e. The number of carbonyl (C=O) groups excluding carboxylic acids is 1. The van der Waals surface area contributed by atoms with Gasteiger partial charge in [-0.25, -0.2) is 14.8 Å². The molecule has 2 aliphatic rings. The summed E-state index contributed by atoms with van der Waals surface area (Å²) in [6, 6.07) is 0. The summed E-state index contributed by atoms with van der Waals surface area (Å²) in [7, 11) is 1.40. The minimum absolute atomic E-state index is 0.342. The fraction of sp³-hybridized carbons (Fsp3) is 0.667. The summed E-state index contributed by atoms with van der Waals surface area (Å²) >= 11 is 0. The molecule has 1 aromatic rings. The van der Waals surface area contributed by atoms with Gasteiger partial charge in [-0.2, -0.15) is 0 Å². The van der Waals surface area contributed by atoms with Crippen LogP contribution in [0.2, 0.25) is 0 Å². The van der Waals surface area contributed by atoms with Crippen LogP contribution in [-0.4, -0.2) is 49.4 Å². The maximum absolute atomic E-state index is 11.9. The number of carbonyl (C=O) groups is 1. The van der Waals surface area contributed by atoms with Gasteiger partial charge >= 0.3 is 5.97 Å². The number of hydrogen-bond donors (Lipinski definition) is 0. The molecule has 0 spiro atoms. The first kappa shape index (κ1) is 14.3. The van der Waals surface area contributed by atoms with E-state index in [4.69, 9.17) is 14.5 Å². The standard InChI is InChI=1S/C15H21N3O3/c1-20-14(19)12-10-16-15(18-6-8-21-9-7-18)17-13(12)11-4-2-3-5-11/h10-11H,2-9H2,1H3. The zero-order valence-corrected chi connectivity index (χ0v) is 12.4. The van der Waals surface area contributed by atoms with Crippen LogP contribution in [0.1, 0.15) is 47.7 Å². The lowest BCUT2D eigenvalue weighted by Crippen LogP contribution is -2.37. The van der Waals surface area contributed by atoms with Gasteiger partial charge in [0.05, 0.1) is 31.6 Å². The molecule has 1 saturated carbocycles. The van der Waals surface area contributed by atoms with Crippen molar-refractivity contribution in [3.05, 3.63) is 17.5 Å². The molecular formula is C15H21N3O3. The molecule has 114 valence electrons. The van der Waals surface area contributed by atoms with Crippen LogP contribution in [0.4, 0.5) is 5.95 Å². The highest BCUT2D eigenvalue weighted by atomic mass is 16.5. The van der Waals surface area contributed by atoms with Gasteiger partial charge in [0.25, 0.3) is 0 Å². The average Bonchev–Trinajstić information content (AvgIpc) is 3.09. The molecule has 6 heteroatoms. The highest BCUT2D eigenvalue weighted by Crippen LogP contribution is 2.35. The Morgan fingerprint density at radius 3 is 2.71 bits per heavy atom. The van der Waals surface area contributed by atoms with E-state index < -0.39 is 0 Å². The van der Waals surface area contributed by atoms with Gasteiger partial charge < -0.3 is 14.4 Å². The molecule has 0 bridgehead atoms. The van der Waals surface area contributed by atoms with Crippen molar-refractivity contribution >= 4 is 11.9 Å². The molecule has 0 N–H and O–H groups in total. The predicted molar refractivity (Wildman–Crippen MR) is 77.6 cm³/mol. The van der Waals surface area contributed by atoms with Gasteiger partial charge in [0, 0.05) is 25.2 Å². The van der Waals surface area contributed by atoms with E-state index in [0.717, 1.165) is 31.6 Å². The van der Waals surface area contributed by atoms with Crippen LogP contribution >= 0.6 is 0 Å². The Kier molecular flexibility index (Phi) is 4.34. The highest BCUT2D eigenvalue weighted by Gasteiger charge is 2.26. The Hall–Kier alpha value is -1.69. The molecule has 0 radical (unpaired) electrons. The summed E-state index contributed by atoms with van der Waals surface area (Å²) < 4.78 is 10.2. The minimum Gasteiger partial charge on any atom is -0.465 e. The van der Waals surface area contributed by atoms with Crippen molar-refractivity contribution in [2.24, 2.45) is 0 Å². The minimum atomic E-state index is -0.342. The van der Waals surface area contributed by atoms with Gasteiger partial charge in [-0.15, -0.1) is 0 Å². The van der Waals surface area contributed by atoms with Crippen LogP contribution in [-0.2, 0) is 9.47 Å². The van der Waals surface area contributed by atoms with E-state index in [1.54, 1.807) is 6.20 Å². The van der Waals surface area contributed by atoms with E-state index in [-0.39, 0.29) is 5.97 Å². The maximum atomic E-state index is 11.9. The molecule has 2 heterocycles. The van der Waals surface area contributed by atoms with Crippen LogP contribution in [0.15, 0.2) is 6.20 Å². The van der Waals surface area contributed by atoms with Crippen molar-refractivity contribution in [3.8, 4) is 0 Å². The highest BCUT2D eigenvalue weighted by molar-refractivity contribution is 5.90. The lowest BCUT2D eigenvalue weighted by atomic mass is 9.99. The quantitative estimate of drug-likeness (QED) is 0.791. The van der Waals surface area contributed by atoms with E-state index in [0.29, 0.717) is 30.6 Å². The fourth-order valence-electron chi connectivity index (χ4n) is 3.08. The normalized spacial score (nSPS) is 19.8. The largest absolute Gasteiger partial charge is 0.465 e. The van der Waals surface area contributed by atoms with E-state index in [1.165, 1.54) is 20.0 Å². The lowest BCUT2D eigenvalue weighted by molar-refractivity contribution is 0.0597. The Labute approximate surface area is 124 Å². The number of ether oxygens (including phenoxy) is 2. The van der Waals surface area contributed by atoms with Crippen LogP contribution in [0, 0.1) is 0 Å². The molecule has 0 amide bonds. The van der Waals surface area contributed by atoms with Gasteiger partial charge in [-0.1, -0.05) is 12.8 Å². The third kappa shape index (κ3) is 3.00. The first-order valence-corrected chi connectivity index (χ1v) is 7.57. The second-order valence-electron chi connectivity index (χ2n) is 5.54. The zero-order valence-electron chi connectivity index (χ0n) is 12.4. The van der Waals surface area contributed by atoms with Gasteiger partial charge in [0.2, 0.25) is 5.95 Å². The first-order valence-electron chi connectivity index (χ1n) is 7.57. The molecule has 0 atom stereocenters. The van der Waals surface area contributed by atoms with E-state index >= 15 is 0 Å². The van der Waals surface area contributed by atoms with E-state index in [9.17, 15) is 4.79 Å². The number of methoxy groups -OCH3 is 1. The lowest BCUT2D eigenvalue weighted by Gasteiger charge is -2.27. The SMILES string of the molecule is COC(=O)c1cnc(N2CCOCC2)nc1C1CCCC1. The second kappa shape index (κ2) is 6.39. The van der Waals surface area contributed by atoms with Crippen molar-refractivity contribution < 1.29 is 14.3 Å². The topological polar surface area (TPSA) is 64.5 Å². The predicted octanol–water partition coefficient (Wildman–Crippen LogP) is 1.76. The molecule has 0 aromatic carbocycles. The molecular weight excluding hydrogens is 270 g/mol. The second-order valence-corrected chi connectivity index (χ2v) is 5.54. The molecule has 1 aliphatic carbocycles. The number of morpholine rings is 1. The monoisotopic (exact) mass is 291 g/mol. The van der Waals surface area contributed by atoms with Crippen molar-refractivity contribution in [2.75, 3.05) is 38.3 Å². The smallest absolute Gasteiger partial charge is 0.341 e. The molecule has 1 aromatic heterocycles. The number of anilines is 1. The van der Waals surface area contributed by atoms with E-state index in [2.05, 4.69) is 9.88 Å². The molecule has 21 heavy (non-hydrogen) atoms. The number of esters is 1. The van der Waals surface area contributed by atoms with Gasteiger partial charge in [0.15, 0.2) is 0 Å². The number of rotatable bonds is 3. The Bertz CT molecular complexity index is 509. The molecule has 6 nitrogen and oxygen atoms in total. The summed E-state index contributed by atoms with van der Waals surface area (Å²) in [5.74, 6) is 0.708.